The predicted molar refractivity (Wildman–Crippen MR) is 170 cm³/mol. The molecule has 218 valence electrons. The number of amides is 2. The van der Waals surface area contributed by atoms with Crippen LogP contribution in [0.5, 0.6) is 0 Å². The number of carbonyl (C=O) groups excluding carboxylic acids is 2. The number of carbonyl (C=O) groups is 2. The molecule has 0 radical (unpaired) electrons. The molecule has 2 aliphatic rings. The van der Waals surface area contributed by atoms with Crippen LogP contribution in [-0.4, -0.2) is 28.4 Å². The minimum Gasteiger partial charge on any atom is -0.315 e. The molecular weight excluding hydrogens is 522 g/mol. The number of aromatic nitrogens is 2. The van der Waals surface area contributed by atoms with Gasteiger partial charge in [-0.1, -0.05) is 57.1 Å². The van der Waals surface area contributed by atoms with Crippen molar-refractivity contribution in [1.29, 1.82) is 5.26 Å². The highest BCUT2D eigenvalue weighted by Crippen LogP contribution is 2.30. The Morgan fingerprint density at radius 2 is 1.86 bits per heavy atom. The summed E-state index contributed by atoms with van der Waals surface area (Å²) in [6.07, 6.45) is 19.3. The summed E-state index contributed by atoms with van der Waals surface area (Å²) in [6.45, 7) is 4.95. The minimum atomic E-state index is -0.281. The summed E-state index contributed by atoms with van der Waals surface area (Å²) in [5.41, 5.74) is 4.83. The number of anilines is 2. The lowest BCUT2D eigenvalue weighted by Gasteiger charge is -2.19. The predicted octanol–water partition coefficient (Wildman–Crippen LogP) is 7.95. The zero-order valence-electron chi connectivity index (χ0n) is 25.0. The fraction of sp³-hybridized carbons (Fsp3) is 0.371. The second kappa shape index (κ2) is 15.0. The molecule has 1 saturated carbocycles. The van der Waals surface area contributed by atoms with E-state index in [-0.39, 0.29) is 11.8 Å². The number of hydrogen-bond donors (Lipinski definition) is 1. The lowest BCUT2D eigenvalue weighted by Crippen LogP contribution is -2.27. The number of rotatable bonds is 8. The number of imidazole rings is 1. The number of hydrogen-bond acceptors (Lipinski definition) is 4. The van der Waals surface area contributed by atoms with Crippen molar-refractivity contribution >= 4 is 34.5 Å². The van der Waals surface area contributed by atoms with Crippen LogP contribution in [0.2, 0.25) is 0 Å². The Hall–Kier alpha value is -4.44. The fourth-order valence-corrected chi connectivity index (χ4v) is 5.34. The Morgan fingerprint density at radius 3 is 2.55 bits per heavy atom. The van der Waals surface area contributed by atoms with Gasteiger partial charge in [-0.15, -0.1) is 0 Å². The first-order valence-electron chi connectivity index (χ1n) is 15.0. The van der Waals surface area contributed by atoms with Gasteiger partial charge in [0.2, 0.25) is 11.9 Å². The van der Waals surface area contributed by atoms with Crippen molar-refractivity contribution in [3.63, 3.8) is 0 Å². The molecule has 7 nitrogen and oxygen atoms in total. The van der Waals surface area contributed by atoms with Crippen LogP contribution in [0.4, 0.5) is 11.6 Å². The molecule has 0 unspecified atom stereocenters. The summed E-state index contributed by atoms with van der Waals surface area (Å²) in [4.78, 5) is 31.9. The number of nitriles is 1. The number of nitrogens with zero attached hydrogens (tertiary/aromatic N) is 4. The van der Waals surface area contributed by atoms with Crippen LogP contribution in [0.15, 0.2) is 78.4 Å². The second-order valence-electron chi connectivity index (χ2n) is 10.9. The van der Waals surface area contributed by atoms with E-state index in [4.69, 9.17) is 5.26 Å². The van der Waals surface area contributed by atoms with Crippen molar-refractivity contribution in [2.45, 2.75) is 71.8 Å². The zero-order chi connectivity index (χ0) is 29.9. The number of fused-ring (bicyclic) bond motifs is 1. The molecule has 1 fully saturated rings. The highest BCUT2D eigenvalue weighted by molar-refractivity contribution is 6.04. The number of aryl methyl sites for hydroxylation is 1. The lowest BCUT2D eigenvalue weighted by atomic mass is 10.0. The molecular formula is C35H41N5O2. The molecule has 0 spiro atoms. The average molecular weight is 564 g/mol. The molecule has 5 rings (SSSR count). The Morgan fingerprint density at radius 1 is 1.10 bits per heavy atom. The van der Waals surface area contributed by atoms with Crippen LogP contribution in [0.25, 0.3) is 11.0 Å². The van der Waals surface area contributed by atoms with Gasteiger partial charge in [0.25, 0.3) is 5.91 Å². The molecule has 1 heterocycles. The summed E-state index contributed by atoms with van der Waals surface area (Å²) in [5, 5.41) is 11.9. The van der Waals surface area contributed by atoms with Gasteiger partial charge in [0.05, 0.1) is 22.7 Å². The third-order valence-corrected chi connectivity index (χ3v) is 7.84. The van der Waals surface area contributed by atoms with Gasteiger partial charge in [0.15, 0.2) is 0 Å². The monoisotopic (exact) mass is 563 g/mol. The van der Waals surface area contributed by atoms with Gasteiger partial charge in [-0.2, -0.15) is 5.26 Å². The molecule has 0 aliphatic heterocycles. The quantitative estimate of drug-likeness (QED) is 0.301. The second-order valence-corrected chi connectivity index (χ2v) is 10.9. The Labute approximate surface area is 249 Å². The molecule has 1 aromatic heterocycles. The summed E-state index contributed by atoms with van der Waals surface area (Å²) in [6, 6.07) is 14.4. The first-order valence-corrected chi connectivity index (χ1v) is 15.0. The van der Waals surface area contributed by atoms with Gasteiger partial charge in [0, 0.05) is 31.3 Å². The van der Waals surface area contributed by atoms with E-state index < -0.39 is 0 Å². The summed E-state index contributed by atoms with van der Waals surface area (Å²) in [7, 11) is 1.81. The number of nitrogens with one attached hydrogen (secondary N) is 1. The number of benzene rings is 2. The SMILES string of the molecule is CCC1=CC=CCC=C1.CCCn1c(NC(=O)c2ccc(C#N)cc2)nc2cc(N(C)C(=O)CC3CCCC3)ccc21. The summed E-state index contributed by atoms with van der Waals surface area (Å²) >= 11 is 0. The van der Waals surface area contributed by atoms with Crippen molar-refractivity contribution in [2.75, 3.05) is 17.3 Å². The van der Waals surface area contributed by atoms with Gasteiger partial charge in [-0.3, -0.25) is 14.9 Å². The van der Waals surface area contributed by atoms with Gasteiger partial charge in [-0.25, -0.2) is 4.98 Å². The Kier molecular flexibility index (Phi) is 10.9. The van der Waals surface area contributed by atoms with Crippen molar-refractivity contribution in [3.8, 4) is 6.07 Å². The Bertz CT molecular complexity index is 1520. The van der Waals surface area contributed by atoms with Crippen LogP contribution in [0.1, 0.15) is 81.1 Å². The van der Waals surface area contributed by atoms with E-state index in [2.05, 4.69) is 60.6 Å². The highest BCUT2D eigenvalue weighted by atomic mass is 16.2. The molecule has 7 heteroatoms. The van der Waals surface area contributed by atoms with E-state index in [1.807, 2.05) is 29.8 Å². The van der Waals surface area contributed by atoms with Crippen molar-refractivity contribution in [3.05, 3.63) is 89.5 Å². The maximum atomic E-state index is 12.8. The average Bonchev–Trinajstić information content (AvgIpc) is 3.55. The molecule has 3 aromatic rings. The molecule has 1 N–H and O–H groups in total. The molecule has 2 aromatic carbocycles. The normalized spacial score (nSPS) is 14.5. The van der Waals surface area contributed by atoms with Crippen LogP contribution in [0.3, 0.4) is 0 Å². The maximum Gasteiger partial charge on any atom is 0.257 e. The molecule has 42 heavy (non-hydrogen) atoms. The van der Waals surface area contributed by atoms with Gasteiger partial charge in [0.1, 0.15) is 0 Å². The molecule has 0 saturated heterocycles. The first kappa shape index (κ1) is 30.5. The lowest BCUT2D eigenvalue weighted by molar-refractivity contribution is -0.119. The molecule has 0 atom stereocenters. The zero-order valence-corrected chi connectivity index (χ0v) is 25.0. The topological polar surface area (TPSA) is 91.0 Å². The first-order chi connectivity index (χ1) is 20.4. The third-order valence-electron chi connectivity index (χ3n) is 7.84. The standard InChI is InChI=1S/C26H29N5O2.C9H12/c1-3-14-31-23-13-12-21(30(2)24(32)15-18-6-4-5-7-18)16-22(23)28-26(31)29-25(33)20-10-8-19(17-27)9-11-20;1-2-9-7-5-3-4-6-8-9/h8-13,16,18H,3-7,14-15H2,1-2H3,(H,28,29,33);3,5-8H,2,4H2,1H3. The van der Waals surface area contributed by atoms with Crippen molar-refractivity contribution in [2.24, 2.45) is 5.92 Å². The van der Waals surface area contributed by atoms with Gasteiger partial charge in [-0.05, 0) is 86.1 Å². The van der Waals surface area contributed by atoms with Crippen LogP contribution < -0.4 is 10.2 Å². The Balaban J connectivity index is 0.000000385. The largest absolute Gasteiger partial charge is 0.315 e. The number of allylic oxidation sites excluding steroid dienone is 6. The van der Waals surface area contributed by atoms with Gasteiger partial charge < -0.3 is 9.47 Å². The fourth-order valence-electron chi connectivity index (χ4n) is 5.34. The smallest absolute Gasteiger partial charge is 0.257 e. The van der Waals surface area contributed by atoms with Crippen LogP contribution >= 0.6 is 0 Å². The van der Waals surface area contributed by atoms with Gasteiger partial charge >= 0.3 is 0 Å². The molecule has 2 aliphatic carbocycles. The van der Waals surface area contributed by atoms with E-state index in [1.54, 1.807) is 29.2 Å². The highest BCUT2D eigenvalue weighted by Gasteiger charge is 2.22. The van der Waals surface area contributed by atoms with Crippen LogP contribution in [0, 0.1) is 17.2 Å². The van der Waals surface area contributed by atoms with E-state index in [9.17, 15) is 9.59 Å². The summed E-state index contributed by atoms with van der Waals surface area (Å²) < 4.78 is 1.99. The minimum absolute atomic E-state index is 0.128. The molecule has 2 amide bonds. The van der Waals surface area contributed by atoms with Crippen molar-refractivity contribution in [1.82, 2.24) is 9.55 Å². The summed E-state index contributed by atoms with van der Waals surface area (Å²) in [5.74, 6) is 0.814. The van der Waals surface area contributed by atoms with E-state index in [1.165, 1.54) is 18.4 Å². The van der Waals surface area contributed by atoms with E-state index >= 15 is 0 Å². The van der Waals surface area contributed by atoms with E-state index in [0.29, 0.717) is 36.0 Å². The molecule has 0 bridgehead atoms. The van der Waals surface area contributed by atoms with Crippen LogP contribution in [-0.2, 0) is 11.3 Å². The third kappa shape index (κ3) is 7.85. The van der Waals surface area contributed by atoms with Crippen molar-refractivity contribution < 1.29 is 9.59 Å². The maximum absolute atomic E-state index is 12.8. The van der Waals surface area contributed by atoms with E-state index in [0.717, 1.165) is 48.8 Å².